The van der Waals surface area contributed by atoms with E-state index >= 15 is 0 Å². The van der Waals surface area contributed by atoms with Crippen LogP contribution in [0.15, 0.2) is 11.4 Å². The molecule has 1 N–H and O–H groups in total. The molecule has 1 aromatic rings. The highest BCUT2D eigenvalue weighted by Crippen LogP contribution is 2.26. The van der Waals surface area contributed by atoms with Crippen LogP contribution < -0.4 is 5.32 Å². The maximum Gasteiger partial charge on any atom is 0.0931 e. The first-order valence-corrected chi connectivity index (χ1v) is 7.32. The molecular formula is C9H12ClNOS2. The van der Waals surface area contributed by atoms with Gasteiger partial charge in [-0.3, -0.25) is 4.21 Å². The van der Waals surface area contributed by atoms with Crippen molar-refractivity contribution in [1.82, 2.24) is 5.32 Å². The van der Waals surface area contributed by atoms with E-state index in [2.05, 4.69) is 5.32 Å². The summed E-state index contributed by atoms with van der Waals surface area (Å²) in [6, 6.07) is 2.19. The van der Waals surface area contributed by atoms with Crippen LogP contribution in [0.1, 0.15) is 18.0 Å². The van der Waals surface area contributed by atoms with Gasteiger partial charge in [-0.15, -0.1) is 11.3 Å². The van der Waals surface area contributed by atoms with Gasteiger partial charge < -0.3 is 5.32 Å². The zero-order valence-corrected chi connectivity index (χ0v) is 10.1. The largest absolute Gasteiger partial charge is 0.309 e. The van der Waals surface area contributed by atoms with E-state index < -0.39 is 10.8 Å². The second-order valence-electron chi connectivity index (χ2n) is 3.36. The van der Waals surface area contributed by atoms with Gasteiger partial charge in [0.15, 0.2) is 0 Å². The van der Waals surface area contributed by atoms with Crippen LogP contribution in [0.2, 0.25) is 4.34 Å². The van der Waals surface area contributed by atoms with Gasteiger partial charge in [0.25, 0.3) is 0 Å². The smallest absolute Gasteiger partial charge is 0.0931 e. The van der Waals surface area contributed by atoms with Gasteiger partial charge in [0, 0.05) is 28.3 Å². The predicted molar refractivity (Wildman–Crippen MR) is 62.6 cm³/mol. The molecule has 2 nitrogen and oxygen atoms in total. The van der Waals surface area contributed by atoms with E-state index in [1.807, 2.05) is 11.4 Å². The van der Waals surface area contributed by atoms with Crippen LogP contribution in [0.25, 0.3) is 0 Å². The topological polar surface area (TPSA) is 29.1 Å². The maximum absolute atomic E-state index is 11.5. The average molecular weight is 250 g/mol. The Balaban J connectivity index is 2.12. The molecule has 2 unspecified atom stereocenters. The molecule has 2 atom stereocenters. The molecule has 0 aliphatic carbocycles. The van der Waals surface area contributed by atoms with Gasteiger partial charge in [-0.25, -0.2) is 0 Å². The van der Waals surface area contributed by atoms with Crippen molar-refractivity contribution >= 4 is 33.7 Å². The van der Waals surface area contributed by atoms with Crippen molar-refractivity contribution in [2.45, 2.75) is 12.5 Å². The third-order valence-corrected chi connectivity index (χ3v) is 4.84. The second-order valence-corrected chi connectivity index (χ2v) is 6.52. The Labute approximate surface area is 95.1 Å². The Bertz CT molecular complexity index is 339. The van der Waals surface area contributed by atoms with Crippen molar-refractivity contribution < 1.29 is 4.21 Å². The quantitative estimate of drug-likeness (QED) is 0.827. The van der Waals surface area contributed by atoms with Gasteiger partial charge in [0.05, 0.1) is 4.34 Å². The molecule has 0 bridgehead atoms. The SMILES string of the molecule is O=S1CCCNC(c2csc(Cl)c2)C1. The lowest BCUT2D eigenvalue weighted by molar-refractivity contribution is 0.589. The van der Waals surface area contributed by atoms with E-state index in [9.17, 15) is 4.21 Å². The highest BCUT2D eigenvalue weighted by Gasteiger charge is 2.18. The summed E-state index contributed by atoms with van der Waals surface area (Å²) in [7, 11) is -0.680. The minimum Gasteiger partial charge on any atom is -0.309 e. The minimum atomic E-state index is -0.680. The number of nitrogens with one attached hydrogen (secondary N) is 1. The van der Waals surface area contributed by atoms with E-state index in [0.29, 0.717) is 5.75 Å². The molecule has 1 aliphatic rings. The van der Waals surface area contributed by atoms with E-state index in [1.54, 1.807) is 0 Å². The minimum absolute atomic E-state index is 0.224. The lowest BCUT2D eigenvalue weighted by Crippen LogP contribution is -2.23. The highest BCUT2D eigenvalue weighted by atomic mass is 35.5. The van der Waals surface area contributed by atoms with Crippen LogP contribution in [0.3, 0.4) is 0 Å². The number of hydrogen-bond donors (Lipinski definition) is 1. The van der Waals surface area contributed by atoms with Gasteiger partial charge in [-0.2, -0.15) is 0 Å². The van der Waals surface area contributed by atoms with E-state index in [-0.39, 0.29) is 6.04 Å². The first kappa shape index (κ1) is 10.6. The Morgan fingerprint density at radius 1 is 1.64 bits per heavy atom. The summed E-state index contributed by atoms with van der Waals surface area (Å²) in [5.74, 6) is 1.54. The average Bonchev–Trinajstić information content (AvgIpc) is 2.45. The summed E-state index contributed by atoms with van der Waals surface area (Å²) in [6.45, 7) is 0.948. The molecule has 0 saturated carbocycles. The Morgan fingerprint density at radius 3 is 3.21 bits per heavy atom. The molecule has 5 heteroatoms. The number of thiophene rings is 1. The third kappa shape index (κ3) is 2.57. The molecule has 0 radical (unpaired) electrons. The van der Waals surface area contributed by atoms with Crippen LogP contribution in [-0.2, 0) is 10.8 Å². The number of hydrogen-bond acceptors (Lipinski definition) is 3. The van der Waals surface area contributed by atoms with E-state index in [4.69, 9.17) is 11.6 Å². The molecule has 2 heterocycles. The molecule has 0 aromatic carbocycles. The fourth-order valence-corrected chi connectivity index (χ4v) is 3.82. The van der Waals surface area contributed by atoms with Crippen LogP contribution in [0, 0.1) is 0 Å². The van der Waals surface area contributed by atoms with E-state index in [1.165, 1.54) is 16.9 Å². The first-order valence-electron chi connectivity index (χ1n) is 4.58. The van der Waals surface area contributed by atoms with Gasteiger partial charge >= 0.3 is 0 Å². The maximum atomic E-state index is 11.5. The molecular weight excluding hydrogens is 238 g/mol. The van der Waals surface area contributed by atoms with Crippen molar-refractivity contribution in [3.05, 3.63) is 21.3 Å². The van der Waals surface area contributed by atoms with Crippen LogP contribution in [-0.4, -0.2) is 22.3 Å². The van der Waals surface area contributed by atoms with E-state index in [0.717, 1.165) is 23.1 Å². The Hall–Kier alpha value is 0.1000. The molecule has 1 saturated heterocycles. The zero-order valence-electron chi connectivity index (χ0n) is 7.66. The molecule has 1 fully saturated rings. The van der Waals surface area contributed by atoms with Crippen molar-refractivity contribution in [3.8, 4) is 0 Å². The standard InChI is InChI=1S/C9H12ClNOS2/c10-9-4-7(5-13-9)8-6-14(12)3-1-2-11-8/h4-5,8,11H,1-3,6H2. The molecule has 1 aromatic heterocycles. The summed E-state index contributed by atoms with van der Waals surface area (Å²) in [6.07, 6.45) is 1.00. The lowest BCUT2D eigenvalue weighted by Gasteiger charge is -2.12. The van der Waals surface area contributed by atoms with Crippen molar-refractivity contribution in [2.24, 2.45) is 0 Å². The van der Waals surface area contributed by atoms with Gasteiger partial charge in [-0.1, -0.05) is 11.6 Å². The monoisotopic (exact) mass is 249 g/mol. The highest BCUT2D eigenvalue weighted by molar-refractivity contribution is 7.85. The van der Waals surface area contributed by atoms with Gasteiger partial charge in [-0.05, 0) is 30.0 Å². The molecule has 0 amide bonds. The van der Waals surface area contributed by atoms with Gasteiger partial charge in [0.1, 0.15) is 0 Å². The molecule has 1 aliphatic heterocycles. The van der Waals surface area contributed by atoms with Crippen LogP contribution >= 0.6 is 22.9 Å². The lowest BCUT2D eigenvalue weighted by atomic mass is 10.2. The predicted octanol–water partition coefficient (Wildman–Crippen LogP) is 2.18. The molecule has 0 spiro atoms. The van der Waals surface area contributed by atoms with Crippen LogP contribution in [0.5, 0.6) is 0 Å². The number of halogens is 1. The normalized spacial score (nSPS) is 28.6. The molecule has 2 rings (SSSR count). The zero-order chi connectivity index (χ0) is 9.97. The third-order valence-electron chi connectivity index (χ3n) is 2.28. The molecule has 14 heavy (non-hydrogen) atoms. The fourth-order valence-electron chi connectivity index (χ4n) is 1.56. The first-order chi connectivity index (χ1) is 6.75. The van der Waals surface area contributed by atoms with Crippen molar-refractivity contribution in [3.63, 3.8) is 0 Å². The summed E-state index contributed by atoms with van der Waals surface area (Å²) in [4.78, 5) is 0. The van der Waals surface area contributed by atoms with Gasteiger partial charge in [0.2, 0.25) is 0 Å². The van der Waals surface area contributed by atoms with Crippen molar-refractivity contribution in [2.75, 3.05) is 18.1 Å². The molecule has 78 valence electrons. The summed E-state index contributed by atoms with van der Waals surface area (Å²) < 4.78 is 12.3. The van der Waals surface area contributed by atoms with Crippen molar-refractivity contribution in [1.29, 1.82) is 0 Å². The fraction of sp³-hybridized carbons (Fsp3) is 0.556. The Morgan fingerprint density at radius 2 is 2.50 bits per heavy atom. The summed E-state index contributed by atoms with van der Waals surface area (Å²) in [5, 5.41) is 5.44. The second kappa shape index (κ2) is 4.75. The summed E-state index contributed by atoms with van der Waals surface area (Å²) in [5.41, 5.74) is 1.18. The number of rotatable bonds is 1. The Kier molecular flexibility index (Phi) is 3.60. The van der Waals surface area contributed by atoms with Crippen LogP contribution in [0.4, 0.5) is 0 Å². The summed E-state index contributed by atoms with van der Waals surface area (Å²) >= 11 is 7.40.